The number of aromatic nitrogens is 2. The SMILES string of the molecule is CCCNC(=O)CSc1nnc(SCC(=O)Nc2c(CC)ccc(Cl)c2CC)s1. The molecule has 2 rings (SSSR count). The molecule has 0 radical (unpaired) electrons. The second-order valence-corrected chi connectivity index (χ2v) is 9.91. The number of anilines is 1. The van der Waals surface area contributed by atoms with Gasteiger partial charge in [-0.15, -0.1) is 10.2 Å². The van der Waals surface area contributed by atoms with Crippen LogP contribution in [-0.2, 0) is 22.4 Å². The normalized spacial score (nSPS) is 10.8. The number of hydrogen-bond acceptors (Lipinski definition) is 7. The lowest BCUT2D eigenvalue weighted by Gasteiger charge is -2.15. The fraction of sp³-hybridized carbons (Fsp3) is 0.474. The molecule has 0 saturated carbocycles. The van der Waals surface area contributed by atoms with Gasteiger partial charge < -0.3 is 10.6 Å². The highest BCUT2D eigenvalue weighted by Crippen LogP contribution is 2.31. The highest BCUT2D eigenvalue weighted by Gasteiger charge is 2.15. The highest BCUT2D eigenvalue weighted by atomic mass is 35.5. The summed E-state index contributed by atoms with van der Waals surface area (Å²) in [5, 5.41) is 14.7. The summed E-state index contributed by atoms with van der Waals surface area (Å²) in [6.45, 7) is 6.76. The molecule has 1 heterocycles. The van der Waals surface area contributed by atoms with Crippen molar-refractivity contribution in [3.05, 3.63) is 28.3 Å². The van der Waals surface area contributed by atoms with Crippen molar-refractivity contribution in [2.45, 2.75) is 48.7 Å². The second-order valence-electron chi connectivity index (χ2n) is 6.08. The Morgan fingerprint density at radius 1 is 1.03 bits per heavy atom. The molecular formula is C19H25ClN4O2S3. The average Bonchev–Trinajstić information content (AvgIpc) is 3.17. The summed E-state index contributed by atoms with van der Waals surface area (Å²) in [6, 6.07) is 3.84. The number of thioether (sulfide) groups is 2. The highest BCUT2D eigenvalue weighted by molar-refractivity contribution is 8.03. The molecule has 1 aromatic heterocycles. The lowest BCUT2D eigenvalue weighted by atomic mass is 10.0. The minimum atomic E-state index is -0.106. The van der Waals surface area contributed by atoms with Crippen molar-refractivity contribution in [1.29, 1.82) is 0 Å². The largest absolute Gasteiger partial charge is 0.355 e. The van der Waals surface area contributed by atoms with Gasteiger partial charge in [0.15, 0.2) is 8.68 Å². The standard InChI is InChI=1S/C19H25ClN4O2S3/c1-4-9-21-15(25)10-27-18-23-24-19(29-18)28-11-16(26)22-17-12(5-2)7-8-14(20)13(17)6-3/h7-8H,4-6,9-11H2,1-3H3,(H,21,25)(H,22,26). The van der Waals surface area contributed by atoms with E-state index in [0.717, 1.165) is 40.4 Å². The molecule has 29 heavy (non-hydrogen) atoms. The monoisotopic (exact) mass is 472 g/mol. The zero-order chi connectivity index (χ0) is 21.2. The van der Waals surface area contributed by atoms with Gasteiger partial charge >= 0.3 is 0 Å². The van der Waals surface area contributed by atoms with Crippen LogP contribution in [0.15, 0.2) is 20.8 Å². The summed E-state index contributed by atoms with van der Waals surface area (Å²) in [5.41, 5.74) is 2.85. The van der Waals surface area contributed by atoms with Crippen LogP contribution in [0, 0.1) is 0 Å². The van der Waals surface area contributed by atoms with Crippen molar-refractivity contribution in [1.82, 2.24) is 15.5 Å². The van der Waals surface area contributed by atoms with E-state index in [1.165, 1.54) is 34.9 Å². The molecule has 0 atom stereocenters. The van der Waals surface area contributed by atoms with Crippen LogP contribution in [-0.4, -0.2) is 40.1 Å². The molecule has 0 aliphatic heterocycles. The Hall–Kier alpha value is -1.29. The van der Waals surface area contributed by atoms with E-state index in [2.05, 4.69) is 27.8 Å². The summed E-state index contributed by atoms with van der Waals surface area (Å²) < 4.78 is 1.42. The van der Waals surface area contributed by atoms with E-state index >= 15 is 0 Å². The first-order chi connectivity index (χ1) is 14.0. The molecule has 6 nitrogen and oxygen atoms in total. The molecule has 0 unspecified atom stereocenters. The Kier molecular flexibility index (Phi) is 10.3. The molecule has 0 spiro atoms. The number of benzene rings is 1. The second kappa shape index (κ2) is 12.4. The van der Waals surface area contributed by atoms with Gasteiger partial charge in [-0.3, -0.25) is 9.59 Å². The van der Waals surface area contributed by atoms with Crippen LogP contribution in [0.2, 0.25) is 5.02 Å². The van der Waals surface area contributed by atoms with Gasteiger partial charge in [0, 0.05) is 17.3 Å². The van der Waals surface area contributed by atoms with E-state index in [-0.39, 0.29) is 17.6 Å². The van der Waals surface area contributed by atoms with Crippen LogP contribution >= 0.6 is 46.5 Å². The summed E-state index contributed by atoms with van der Waals surface area (Å²) >= 11 is 10.4. The minimum absolute atomic E-state index is 0.0133. The van der Waals surface area contributed by atoms with Gasteiger partial charge in [0.25, 0.3) is 0 Å². The number of rotatable bonds is 11. The third-order valence-electron chi connectivity index (χ3n) is 3.95. The van der Waals surface area contributed by atoms with E-state index in [9.17, 15) is 9.59 Å². The molecule has 2 N–H and O–H groups in total. The number of carbonyl (C=O) groups excluding carboxylic acids is 2. The van der Waals surface area contributed by atoms with Gasteiger partial charge in [0.05, 0.1) is 11.5 Å². The fourth-order valence-corrected chi connectivity index (χ4v) is 5.47. The first kappa shape index (κ1) is 24.0. The van der Waals surface area contributed by atoms with E-state index in [1.54, 1.807) is 0 Å². The average molecular weight is 473 g/mol. The molecular weight excluding hydrogens is 448 g/mol. The number of nitrogens with one attached hydrogen (secondary N) is 2. The lowest BCUT2D eigenvalue weighted by molar-refractivity contribution is -0.118. The van der Waals surface area contributed by atoms with Crippen molar-refractivity contribution >= 4 is 64.0 Å². The Bertz CT molecular complexity index is 845. The van der Waals surface area contributed by atoms with E-state index in [0.29, 0.717) is 21.7 Å². The number of nitrogens with zero attached hydrogens (tertiary/aromatic N) is 2. The molecule has 0 saturated heterocycles. The number of hydrogen-bond donors (Lipinski definition) is 2. The zero-order valence-corrected chi connectivity index (χ0v) is 19.9. The topological polar surface area (TPSA) is 84.0 Å². The number of amides is 2. The van der Waals surface area contributed by atoms with Crippen LogP contribution in [0.5, 0.6) is 0 Å². The first-order valence-electron chi connectivity index (χ1n) is 9.44. The fourth-order valence-electron chi connectivity index (χ4n) is 2.53. The van der Waals surface area contributed by atoms with Gasteiger partial charge in [0.2, 0.25) is 11.8 Å². The van der Waals surface area contributed by atoms with E-state index in [4.69, 9.17) is 11.6 Å². The summed E-state index contributed by atoms with van der Waals surface area (Å²) in [7, 11) is 0. The molecule has 2 amide bonds. The molecule has 0 aliphatic carbocycles. The van der Waals surface area contributed by atoms with Crippen LogP contribution in [0.4, 0.5) is 5.69 Å². The molecule has 0 bridgehead atoms. The maximum atomic E-state index is 12.5. The molecule has 1 aromatic carbocycles. The first-order valence-corrected chi connectivity index (χ1v) is 12.6. The Morgan fingerprint density at radius 3 is 2.28 bits per heavy atom. The van der Waals surface area contributed by atoms with Gasteiger partial charge in [-0.2, -0.15) is 0 Å². The van der Waals surface area contributed by atoms with Crippen molar-refractivity contribution in [3.63, 3.8) is 0 Å². The number of halogens is 1. The zero-order valence-electron chi connectivity index (χ0n) is 16.7. The Balaban J connectivity index is 1.88. The molecule has 2 aromatic rings. The quantitative estimate of drug-likeness (QED) is 0.462. The maximum Gasteiger partial charge on any atom is 0.234 e. The predicted molar refractivity (Wildman–Crippen MR) is 123 cm³/mol. The maximum absolute atomic E-state index is 12.5. The molecule has 158 valence electrons. The minimum Gasteiger partial charge on any atom is -0.355 e. The Labute approximate surface area is 189 Å². The lowest BCUT2D eigenvalue weighted by Crippen LogP contribution is -2.25. The third-order valence-corrected chi connectivity index (χ3v) is 7.50. The van der Waals surface area contributed by atoms with E-state index < -0.39 is 0 Å². The van der Waals surface area contributed by atoms with Gasteiger partial charge in [-0.05, 0) is 36.5 Å². The Morgan fingerprint density at radius 2 is 1.69 bits per heavy atom. The van der Waals surface area contributed by atoms with Crippen LogP contribution in [0.25, 0.3) is 0 Å². The summed E-state index contributed by atoms with van der Waals surface area (Å²) in [6.07, 6.45) is 2.47. The van der Waals surface area contributed by atoms with Crippen molar-refractivity contribution < 1.29 is 9.59 Å². The summed E-state index contributed by atoms with van der Waals surface area (Å²) in [5.74, 6) is 0.425. The number of carbonyl (C=O) groups is 2. The number of aryl methyl sites for hydroxylation is 1. The van der Waals surface area contributed by atoms with Crippen LogP contribution in [0.3, 0.4) is 0 Å². The van der Waals surface area contributed by atoms with Crippen molar-refractivity contribution in [3.8, 4) is 0 Å². The molecule has 10 heteroatoms. The van der Waals surface area contributed by atoms with Crippen LogP contribution in [0.1, 0.15) is 38.3 Å². The van der Waals surface area contributed by atoms with E-state index in [1.807, 2.05) is 26.0 Å². The van der Waals surface area contributed by atoms with Crippen molar-refractivity contribution in [2.75, 3.05) is 23.4 Å². The summed E-state index contributed by atoms with van der Waals surface area (Å²) in [4.78, 5) is 24.1. The van der Waals surface area contributed by atoms with Crippen LogP contribution < -0.4 is 10.6 Å². The molecule has 0 aliphatic rings. The molecule has 0 fully saturated rings. The van der Waals surface area contributed by atoms with Crippen molar-refractivity contribution in [2.24, 2.45) is 0 Å². The van der Waals surface area contributed by atoms with Gasteiger partial charge in [0.1, 0.15) is 0 Å². The van der Waals surface area contributed by atoms with Gasteiger partial charge in [-0.1, -0.05) is 73.3 Å². The third kappa shape index (κ3) is 7.47. The predicted octanol–water partition coefficient (Wildman–Crippen LogP) is 4.67. The smallest absolute Gasteiger partial charge is 0.234 e. The van der Waals surface area contributed by atoms with Gasteiger partial charge in [-0.25, -0.2) is 0 Å².